The molecule has 0 bridgehead atoms. The minimum atomic E-state index is -2.03. The van der Waals surface area contributed by atoms with Crippen molar-refractivity contribution in [3.63, 3.8) is 0 Å². The van der Waals surface area contributed by atoms with Crippen molar-refractivity contribution in [1.29, 1.82) is 0 Å². The van der Waals surface area contributed by atoms with Crippen molar-refractivity contribution in [2.24, 2.45) is 16.0 Å². The van der Waals surface area contributed by atoms with Gasteiger partial charge in [-0.3, -0.25) is 0 Å². The number of nitrogens with two attached hydrogens (primary N) is 1. The van der Waals surface area contributed by atoms with Gasteiger partial charge in [-0.25, -0.2) is 4.79 Å². The molecule has 37 heavy (non-hydrogen) atoms. The second-order valence-corrected chi connectivity index (χ2v) is 15.5. The van der Waals surface area contributed by atoms with E-state index in [0.29, 0.717) is 11.3 Å². The van der Waals surface area contributed by atoms with Crippen molar-refractivity contribution in [2.75, 3.05) is 0 Å². The molecule has 4 aromatic carbocycles. The van der Waals surface area contributed by atoms with E-state index in [9.17, 15) is 9.90 Å². The van der Waals surface area contributed by atoms with Crippen LogP contribution in [0, 0.1) is 0 Å². The van der Waals surface area contributed by atoms with E-state index in [-0.39, 0.29) is 5.88 Å². The molecule has 0 aliphatic rings. The number of rotatable bonds is 5. The molecule has 0 saturated heterocycles. The van der Waals surface area contributed by atoms with E-state index in [1.807, 2.05) is 66.7 Å². The number of fused-ring (bicyclic) bond motifs is 1. The topological polar surface area (TPSA) is 104 Å². The summed E-state index contributed by atoms with van der Waals surface area (Å²) < 4.78 is 2.67. The first-order valence-corrected chi connectivity index (χ1v) is 17.9. The van der Waals surface area contributed by atoms with Gasteiger partial charge in [0.25, 0.3) is 0 Å². The van der Waals surface area contributed by atoms with Crippen LogP contribution in [-0.2, 0) is 0 Å². The number of azo groups is 1. The first kappa shape index (κ1) is 26.2. The fourth-order valence-corrected chi connectivity index (χ4v) is 9.06. The number of urea groups is 1. The Bertz CT molecular complexity index is 1480. The molecule has 5 aromatic rings. The Morgan fingerprint density at radius 1 is 0.784 bits per heavy atom. The summed E-state index contributed by atoms with van der Waals surface area (Å²) in [6, 6.07) is 36.7. The third-order valence-corrected chi connectivity index (χ3v) is 13.1. The summed E-state index contributed by atoms with van der Waals surface area (Å²) in [5.41, 5.74) is 7.58. The van der Waals surface area contributed by atoms with E-state index in [1.165, 1.54) is 7.16 Å². The SMILES string of the molecule is NC(=O)N=N/C(=C\c1c(O)[nH]c2ccccc12)c1ccccc1.[Cl][Sn]([c]1ccccc1)[c]1ccccc1. The van der Waals surface area contributed by atoms with Gasteiger partial charge in [0.1, 0.15) is 0 Å². The molecule has 0 atom stereocenters. The van der Waals surface area contributed by atoms with Crippen LogP contribution in [0.25, 0.3) is 22.7 Å². The Morgan fingerprint density at radius 3 is 1.86 bits per heavy atom. The van der Waals surface area contributed by atoms with E-state index in [0.717, 1.165) is 16.5 Å². The average Bonchev–Trinajstić information content (AvgIpc) is 3.26. The van der Waals surface area contributed by atoms with Crippen molar-refractivity contribution < 1.29 is 9.90 Å². The van der Waals surface area contributed by atoms with Crippen LogP contribution in [-0.4, -0.2) is 34.8 Å². The van der Waals surface area contributed by atoms with Crippen molar-refractivity contribution >= 4 is 63.4 Å². The zero-order valence-corrected chi connectivity index (χ0v) is 23.4. The number of aromatic nitrogens is 1. The number of aromatic amines is 1. The molecule has 0 aliphatic heterocycles. The van der Waals surface area contributed by atoms with Crippen LogP contribution < -0.4 is 12.9 Å². The molecule has 0 spiro atoms. The average molecular weight is 615 g/mol. The zero-order valence-electron chi connectivity index (χ0n) is 19.8. The molecule has 183 valence electrons. The van der Waals surface area contributed by atoms with Gasteiger partial charge in [-0.15, -0.1) is 5.11 Å². The molecule has 4 N–H and O–H groups in total. The third-order valence-electron chi connectivity index (χ3n) is 5.39. The van der Waals surface area contributed by atoms with Crippen LogP contribution in [0.3, 0.4) is 0 Å². The van der Waals surface area contributed by atoms with Gasteiger partial charge < -0.3 is 15.8 Å². The molecule has 0 aliphatic carbocycles. The second-order valence-electron chi connectivity index (χ2n) is 7.91. The van der Waals surface area contributed by atoms with Gasteiger partial charge in [0.2, 0.25) is 0 Å². The molecule has 0 saturated carbocycles. The standard InChI is InChI=1S/C17H14N4O2.2C6H5.ClH.Sn/c18-17(23)21-20-15(11-6-2-1-3-7-11)10-13-12-8-4-5-9-14(12)19-16(13)22;2*1-2-4-6-5-3-1;;/h1-10,19,22H,(H2,18,23);2*1-5H;1H;/q;;;;+1/p-1/b15-10-,21-20?;;;;. The molecule has 0 fully saturated rings. The van der Waals surface area contributed by atoms with Crippen molar-refractivity contribution in [3.8, 4) is 5.88 Å². The monoisotopic (exact) mass is 615 g/mol. The summed E-state index contributed by atoms with van der Waals surface area (Å²) in [5, 5.41) is 18.3. The van der Waals surface area contributed by atoms with Crippen LogP contribution >= 0.6 is 8.92 Å². The van der Waals surface area contributed by atoms with E-state index in [1.54, 1.807) is 6.08 Å². The van der Waals surface area contributed by atoms with Crippen LogP contribution in [0.2, 0.25) is 0 Å². The van der Waals surface area contributed by atoms with Crippen LogP contribution in [0.4, 0.5) is 4.79 Å². The normalized spacial score (nSPS) is 11.5. The fourth-order valence-electron chi connectivity index (χ4n) is 3.65. The Balaban J connectivity index is 0.000000195. The summed E-state index contributed by atoms with van der Waals surface area (Å²) >= 11 is -2.03. The van der Waals surface area contributed by atoms with Gasteiger partial charge >= 0.3 is 101 Å². The Morgan fingerprint density at radius 2 is 1.30 bits per heavy atom. The van der Waals surface area contributed by atoms with Crippen molar-refractivity contribution in [3.05, 3.63) is 126 Å². The Kier molecular flexibility index (Phi) is 9.12. The molecule has 1 radical (unpaired) electrons. The number of amides is 2. The molecule has 1 heterocycles. The van der Waals surface area contributed by atoms with Crippen molar-refractivity contribution in [1.82, 2.24) is 4.98 Å². The summed E-state index contributed by atoms with van der Waals surface area (Å²) in [7, 11) is 6.53. The maximum absolute atomic E-state index is 10.9. The first-order chi connectivity index (χ1) is 18.0. The van der Waals surface area contributed by atoms with Crippen LogP contribution in [0.5, 0.6) is 5.88 Å². The molecular weight excluding hydrogens is 591 g/mol. The van der Waals surface area contributed by atoms with E-state index in [4.69, 9.17) is 14.7 Å². The van der Waals surface area contributed by atoms with Gasteiger partial charge in [-0.2, -0.15) is 0 Å². The van der Waals surface area contributed by atoms with Crippen LogP contribution in [0.1, 0.15) is 11.1 Å². The molecular formula is C29H24ClN4O2Sn. The van der Waals surface area contributed by atoms with Crippen LogP contribution in [0.15, 0.2) is 125 Å². The predicted molar refractivity (Wildman–Crippen MR) is 152 cm³/mol. The van der Waals surface area contributed by atoms with Gasteiger partial charge in [-0.1, -0.05) is 53.6 Å². The number of aromatic hydroxyl groups is 1. The maximum atomic E-state index is 10.9. The fraction of sp³-hybridized carbons (Fsp3) is 0. The number of nitrogens with zero attached hydrogens (tertiary/aromatic N) is 2. The number of H-pyrrole nitrogens is 1. The summed E-state index contributed by atoms with van der Waals surface area (Å²) in [6.45, 7) is 0. The van der Waals surface area contributed by atoms with Crippen molar-refractivity contribution in [2.45, 2.75) is 0 Å². The number of carbonyl (C=O) groups is 1. The van der Waals surface area contributed by atoms with E-state index in [2.05, 4.69) is 63.7 Å². The zero-order chi connectivity index (χ0) is 26.0. The summed E-state index contributed by atoms with van der Waals surface area (Å²) in [5.74, 6) is 0.0221. The van der Waals surface area contributed by atoms with Gasteiger partial charge in [-0.05, 0) is 12.1 Å². The number of benzene rings is 4. The molecule has 8 heteroatoms. The predicted octanol–water partition coefficient (Wildman–Crippen LogP) is 5.93. The van der Waals surface area contributed by atoms with Gasteiger partial charge in [0.15, 0.2) is 5.88 Å². The number of para-hydroxylation sites is 1. The Hall–Kier alpha value is -3.88. The molecule has 5 rings (SSSR count). The quantitative estimate of drug-likeness (QED) is 0.169. The Labute approximate surface area is 225 Å². The molecule has 2 amide bonds. The van der Waals surface area contributed by atoms with Gasteiger partial charge in [0.05, 0.1) is 5.70 Å². The molecule has 6 nitrogen and oxygen atoms in total. The number of hydrogen-bond donors (Lipinski definition) is 3. The minimum absolute atomic E-state index is 0.0221. The first-order valence-electron chi connectivity index (χ1n) is 11.4. The molecule has 0 unspecified atom stereocenters. The number of hydrogen-bond acceptors (Lipinski definition) is 3. The summed E-state index contributed by atoms with van der Waals surface area (Å²) in [4.78, 5) is 13.8. The van der Waals surface area contributed by atoms with Gasteiger partial charge in [0, 0.05) is 22.0 Å². The summed E-state index contributed by atoms with van der Waals surface area (Å²) in [6.07, 6.45) is 1.66. The molecule has 1 aromatic heterocycles. The number of primary amides is 1. The second kappa shape index (κ2) is 12.9. The van der Waals surface area contributed by atoms with E-state index < -0.39 is 24.7 Å². The number of nitrogens with one attached hydrogen (secondary N) is 1. The number of carbonyl (C=O) groups excluding carboxylic acids is 1. The third kappa shape index (κ3) is 7.09. The van der Waals surface area contributed by atoms with E-state index >= 15 is 0 Å². The number of halogens is 1.